The van der Waals surface area contributed by atoms with Crippen LogP contribution < -0.4 is 0 Å². The molecule has 0 radical (unpaired) electrons. The van der Waals surface area contributed by atoms with Crippen molar-refractivity contribution in [1.82, 2.24) is 24.5 Å². The van der Waals surface area contributed by atoms with E-state index in [9.17, 15) is 27.5 Å². The summed E-state index contributed by atoms with van der Waals surface area (Å²) in [6.07, 6.45) is 3.38. The number of alkyl halides is 3. The Labute approximate surface area is 182 Å². The fourth-order valence-electron chi connectivity index (χ4n) is 4.92. The summed E-state index contributed by atoms with van der Waals surface area (Å²) in [6.45, 7) is 0. The van der Waals surface area contributed by atoms with Crippen LogP contribution in [0.1, 0.15) is 24.4 Å². The molecular formula is C22H15F4N5O2. The second-order valence-electron chi connectivity index (χ2n) is 8.48. The molecule has 7 rings (SSSR count). The van der Waals surface area contributed by atoms with Gasteiger partial charge in [-0.2, -0.15) is 13.2 Å². The van der Waals surface area contributed by atoms with Gasteiger partial charge in [-0.05, 0) is 24.8 Å². The Hall–Kier alpha value is -3.76. The predicted octanol–water partition coefficient (Wildman–Crippen LogP) is 4.72. The van der Waals surface area contributed by atoms with Crippen LogP contribution in [0.5, 0.6) is 0 Å². The fourth-order valence-corrected chi connectivity index (χ4v) is 4.92. The molecular weight excluding hydrogens is 442 g/mol. The van der Waals surface area contributed by atoms with Crippen molar-refractivity contribution in [3.05, 3.63) is 53.9 Å². The molecule has 2 atom stereocenters. The van der Waals surface area contributed by atoms with E-state index in [2.05, 4.69) is 19.9 Å². The van der Waals surface area contributed by atoms with Crippen LogP contribution in [-0.2, 0) is 11.0 Å². The molecule has 4 aromatic rings. The molecule has 1 saturated carbocycles. The number of pyridine rings is 1. The lowest BCUT2D eigenvalue weighted by atomic mass is 9.64. The molecule has 0 saturated heterocycles. The number of carboxylic acids is 1. The van der Waals surface area contributed by atoms with Crippen LogP contribution in [0.4, 0.5) is 17.6 Å². The summed E-state index contributed by atoms with van der Waals surface area (Å²) < 4.78 is 55.7. The average molecular weight is 457 g/mol. The van der Waals surface area contributed by atoms with Crippen molar-refractivity contribution in [2.75, 3.05) is 0 Å². The normalized spacial score (nSPS) is 22.4. The summed E-state index contributed by atoms with van der Waals surface area (Å²) in [5.74, 6) is -2.22. The third-order valence-corrected chi connectivity index (χ3v) is 6.56. The van der Waals surface area contributed by atoms with Gasteiger partial charge in [0.2, 0.25) is 0 Å². The molecule has 0 spiro atoms. The van der Waals surface area contributed by atoms with E-state index in [0.717, 1.165) is 30.7 Å². The van der Waals surface area contributed by atoms with Gasteiger partial charge in [-0.1, -0.05) is 11.6 Å². The van der Waals surface area contributed by atoms with E-state index in [-0.39, 0.29) is 39.4 Å². The van der Waals surface area contributed by atoms with E-state index in [1.807, 2.05) is 6.08 Å². The number of nitrogens with zero attached hydrogens (tertiary/aromatic N) is 4. The van der Waals surface area contributed by atoms with Crippen molar-refractivity contribution in [1.29, 1.82) is 0 Å². The number of nitrogens with one attached hydrogen (secondary N) is 1. The molecule has 7 nitrogen and oxygen atoms in total. The van der Waals surface area contributed by atoms with Crippen molar-refractivity contribution < 1.29 is 27.5 Å². The van der Waals surface area contributed by atoms with Gasteiger partial charge in [0.15, 0.2) is 11.6 Å². The predicted molar refractivity (Wildman–Crippen MR) is 109 cm³/mol. The first-order valence-electron chi connectivity index (χ1n) is 10.2. The van der Waals surface area contributed by atoms with E-state index in [1.54, 1.807) is 0 Å². The summed E-state index contributed by atoms with van der Waals surface area (Å²) in [4.78, 5) is 27.2. The summed E-state index contributed by atoms with van der Waals surface area (Å²) >= 11 is 0. The summed E-state index contributed by atoms with van der Waals surface area (Å²) in [6, 6.07) is 0.349. The Bertz CT molecular complexity index is 1480. The number of aromatic amines is 1. The molecule has 3 aliphatic rings. The van der Waals surface area contributed by atoms with E-state index < -0.39 is 35.5 Å². The topological polar surface area (TPSA) is 96.7 Å². The number of halogens is 4. The van der Waals surface area contributed by atoms with Gasteiger partial charge in [-0.15, -0.1) is 0 Å². The first-order valence-corrected chi connectivity index (χ1v) is 10.2. The number of H-pyrrole nitrogens is 1. The Morgan fingerprint density at radius 2 is 1.97 bits per heavy atom. The number of rotatable bonds is 3. The number of aliphatic carboxylic acids is 1. The number of aromatic nitrogens is 5. The van der Waals surface area contributed by atoms with Gasteiger partial charge in [0.05, 0.1) is 22.9 Å². The highest BCUT2D eigenvalue weighted by atomic mass is 19.4. The maximum absolute atomic E-state index is 14.7. The van der Waals surface area contributed by atoms with Crippen LogP contribution in [0, 0.1) is 17.7 Å². The molecule has 1 fully saturated rings. The molecule has 2 N–H and O–H groups in total. The third kappa shape index (κ3) is 2.95. The second kappa shape index (κ2) is 6.63. The molecule has 33 heavy (non-hydrogen) atoms. The summed E-state index contributed by atoms with van der Waals surface area (Å²) in [5.41, 5.74) is 0.899. The van der Waals surface area contributed by atoms with Gasteiger partial charge in [-0.25, -0.2) is 19.3 Å². The monoisotopic (exact) mass is 457 g/mol. The fraction of sp³-hybridized carbons (Fsp3) is 0.273. The van der Waals surface area contributed by atoms with Gasteiger partial charge in [-0.3, -0.25) is 4.79 Å². The first-order chi connectivity index (χ1) is 15.7. The van der Waals surface area contributed by atoms with Crippen molar-refractivity contribution >= 4 is 28.0 Å². The Morgan fingerprint density at radius 1 is 1.18 bits per heavy atom. The summed E-state index contributed by atoms with van der Waals surface area (Å²) in [5, 5.41) is 10.1. The van der Waals surface area contributed by atoms with Crippen LogP contribution in [0.2, 0.25) is 0 Å². The number of hydrogen-bond acceptors (Lipinski definition) is 4. The van der Waals surface area contributed by atoms with E-state index in [1.165, 1.54) is 23.2 Å². The molecule has 4 aromatic heterocycles. The van der Waals surface area contributed by atoms with E-state index in [0.29, 0.717) is 0 Å². The molecule has 0 amide bonds. The number of hydrogen-bond donors (Lipinski definition) is 2. The molecule has 11 heteroatoms. The van der Waals surface area contributed by atoms with E-state index in [4.69, 9.17) is 0 Å². The highest BCUT2D eigenvalue weighted by molar-refractivity contribution is 5.93. The van der Waals surface area contributed by atoms with Crippen LogP contribution in [0.25, 0.3) is 33.5 Å². The lowest BCUT2D eigenvalue weighted by molar-refractivity contribution is -0.146. The zero-order valence-corrected chi connectivity index (χ0v) is 16.8. The van der Waals surface area contributed by atoms with Gasteiger partial charge >= 0.3 is 12.1 Å². The largest absolute Gasteiger partial charge is 0.481 e. The highest BCUT2D eigenvalue weighted by Gasteiger charge is 2.45. The molecule has 3 aliphatic carbocycles. The third-order valence-electron chi connectivity index (χ3n) is 6.56. The molecule has 0 aromatic carbocycles. The Balaban J connectivity index is 1.52. The van der Waals surface area contributed by atoms with Gasteiger partial charge < -0.3 is 14.7 Å². The summed E-state index contributed by atoms with van der Waals surface area (Å²) in [7, 11) is 0. The Kier molecular flexibility index (Phi) is 3.99. The van der Waals surface area contributed by atoms with Gasteiger partial charge in [0.25, 0.3) is 0 Å². The minimum absolute atomic E-state index is 0.0187. The van der Waals surface area contributed by atoms with Crippen LogP contribution in [0.15, 0.2) is 42.5 Å². The molecule has 4 heterocycles. The number of carboxylic acid groups (broad SMARTS) is 1. The lowest BCUT2D eigenvalue weighted by Crippen LogP contribution is -2.40. The van der Waals surface area contributed by atoms with Crippen molar-refractivity contribution in [3.8, 4) is 11.4 Å². The van der Waals surface area contributed by atoms with Crippen molar-refractivity contribution in [2.24, 2.45) is 11.8 Å². The van der Waals surface area contributed by atoms with Crippen LogP contribution >= 0.6 is 0 Å². The van der Waals surface area contributed by atoms with E-state index >= 15 is 0 Å². The molecule has 0 aliphatic heterocycles. The second-order valence-corrected chi connectivity index (χ2v) is 8.48. The molecule has 168 valence electrons. The minimum atomic E-state index is -4.57. The number of fused-ring (bicyclic) bond motifs is 4. The zero-order valence-electron chi connectivity index (χ0n) is 16.8. The molecule has 0 unspecified atom stereocenters. The maximum Gasteiger partial charge on any atom is 0.417 e. The Morgan fingerprint density at radius 3 is 2.70 bits per heavy atom. The smallest absolute Gasteiger partial charge is 0.417 e. The average Bonchev–Trinajstić information content (AvgIpc) is 3.32. The van der Waals surface area contributed by atoms with Gasteiger partial charge in [0.1, 0.15) is 11.3 Å². The van der Waals surface area contributed by atoms with Gasteiger partial charge in [0, 0.05) is 35.7 Å². The number of carbonyl (C=O) groups is 1. The first kappa shape index (κ1) is 19.9. The van der Waals surface area contributed by atoms with Crippen LogP contribution in [-0.4, -0.2) is 35.6 Å². The van der Waals surface area contributed by atoms with Crippen LogP contribution in [0.3, 0.4) is 0 Å². The standard InChI is InChI=1S/C22H15F4N5O2/c23-15-8-31(16-3-9-1-10(2-9)17(16)21(32)33)20-14(15)7-29-19(30-20)13-6-28-18-12(13)4-11(5-27-18)22(24,25)26/h3-8,10,16-17H,1-2H2,(H,27,28)(H,32,33)/t16-,17-/m1/s1. The van der Waals surface area contributed by atoms with Crippen molar-refractivity contribution in [3.63, 3.8) is 0 Å². The lowest BCUT2D eigenvalue weighted by Gasteiger charge is -2.43. The maximum atomic E-state index is 14.7. The SMILES string of the molecule is O=C(O)[C@@H]1C2CC(=C[C@H]1n1cc(F)c3cnc(-c4c[nH]c5ncc(C(F)(F)F)cc45)nc31)C2. The van der Waals surface area contributed by atoms with Crippen molar-refractivity contribution in [2.45, 2.75) is 25.1 Å². The number of allylic oxidation sites excluding steroid dienone is 2. The zero-order chi connectivity index (χ0) is 23.1. The molecule has 2 bridgehead atoms. The highest BCUT2D eigenvalue weighted by Crippen LogP contribution is 2.50. The quantitative estimate of drug-likeness (QED) is 0.343. The minimum Gasteiger partial charge on any atom is -0.481 e.